The van der Waals surface area contributed by atoms with E-state index in [1.54, 1.807) is 30.6 Å². The molecule has 2 amide bonds. The van der Waals surface area contributed by atoms with Crippen molar-refractivity contribution in [3.63, 3.8) is 0 Å². The summed E-state index contributed by atoms with van der Waals surface area (Å²) in [5.74, 6) is -1.23. The highest BCUT2D eigenvalue weighted by Crippen LogP contribution is 2.29. The average molecular weight is 480 g/mol. The lowest BCUT2D eigenvalue weighted by atomic mass is 10.0. The van der Waals surface area contributed by atoms with E-state index in [4.69, 9.17) is 4.74 Å². The fourth-order valence-corrected chi connectivity index (χ4v) is 5.35. The lowest BCUT2D eigenvalue weighted by molar-refractivity contribution is -0.138. The van der Waals surface area contributed by atoms with Gasteiger partial charge in [-0.05, 0) is 42.3 Å². The molecule has 0 radical (unpaired) electrons. The number of likely N-dealkylation sites (tertiary alicyclic amines) is 1. The Morgan fingerprint density at radius 2 is 2.03 bits per heavy atom. The Morgan fingerprint density at radius 3 is 2.79 bits per heavy atom. The van der Waals surface area contributed by atoms with E-state index in [9.17, 15) is 18.8 Å². The monoisotopic (exact) mass is 479 g/mol. The average Bonchev–Trinajstić information content (AvgIpc) is 3.58. The van der Waals surface area contributed by atoms with Crippen LogP contribution in [0.4, 0.5) is 4.39 Å². The second-order valence-electron chi connectivity index (χ2n) is 8.34. The highest BCUT2D eigenvalue weighted by molar-refractivity contribution is 7.17. The van der Waals surface area contributed by atoms with E-state index in [1.807, 2.05) is 18.2 Å². The first kappa shape index (κ1) is 22.4. The number of hydrogen-bond donors (Lipinski definition) is 1. The summed E-state index contributed by atoms with van der Waals surface area (Å²) < 4.78 is 18.9. The zero-order chi connectivity index (χ0) is 23.7. The summed E-state index contributed by atoms with van der Waals surface area (Å²) in [7, 11) is 0. The molecule has 2 saturated heterocycles. The van der Waals surface area contributed by atoms with Gasteiger partial charge in [-0.2, -0.15) is 0 Å². The lowest BCUT2D eigenvalue weighted by Gasteiger charge is -2.27. The van der Waals surface area contributed by atoms with Gasteiger partial charge in [0.25, 0.3) is 5.91 Å². The van der Waals surface area contributed by atoms with Crippen molar-refractivity contribution < 1.29 is 23.5 Å². The van der Waals surface area contributed by atoms with Gasteiger partial charge < -0.3 is 15.0 Å². The SMILES string of the molecule is O=C(NC(Cc1ccc(F)cc1)C(=O)N1CCC2OCC(=O)C21)c1ccc(-c2cccnc2)s1. The molecule has 1 aromatic carbocycles. The van der Waals surface area contributed by atoms with Crippen molar-refractivity contribution >= 4 is 28.9 Å². The van der Waals surface area contributed by atoms with Gasteiger partial charge in [-0.15, -0.1) is 11.3 Å². The fourth-order valence-electron chi connectivity index (χ4n) is 4.45. The Kier molecular flexibility index (Phi) is 6.21. The number of ketones is 1. The Hall–Kier alpha value is -3.43. The summed E-state index contributed by atoms with van der Waals surface area (Å²) in [5, 5.41) is 2.85. The number of amides is 2. The molecule has 1 N–H and O–H groups in total. The second kappa shape index (κ2) is 9.44. The van der Waals surface area contributed by atoms with Gasteiger partial charge in [-0.25, -0.2) is 4.39 Å². The molecule has 2 aromatic heterocycles. The number of pyridine rings is 1. The molecule has 0 saturated carbocycles. The minimum absolute atomic E-state index is 0.000413. The molecule has 9 heteroatoms. The van der Waals surface area contributed by atoms with Gasteiger partial charge in [0.05, 0.1) is 11.0 Å². The van der Waals surface area contributed by atoms with Crippen LogP contribution >= 0.6 is 11.3 Å². The minimum Gasteiger partial charge on any atom is -0.368 e. The summed E-state index contributed by atoms with van der Waals surface area (Å²) in [6.45, 7) is 0.389. The van der Waals surface area contributed by atoms with Crippen molar-refractivity contribution in [2.75, 3.05) is 13.2 Å². The fraction of sp³-hybridized carbons (Fsp3) is 0.280. The van der Waals surface area contributed by atoms with Crippen molar-refractivity contribution in [2.45, 2.75) is 31.0 Å². The summed E-state index contributed by atoms with van der Waals surface area (Å²) >= 11 is 1.30. The van der Waals surface area contributed by atoms with Crippen LogP contribution in [-0.4, -0.2) is 58.8 Å². The van der Waals surface area contributed by atoms with E-state index in [0.717, 1.165) is 10.4 Å². The molecule has 0 spiro atoms. The molecule has 174 valence electrons. The quantitative estimate of drug-likeness (QED) is 0.588. The molecule has 2 aliphatic rings. The van der Waals surface area contributed by atoms with Crippen LogP contribution < -0.4 is 5.32 Å². The largest absolute Gasteiger partial charge is 0.368 e. The van der Waals surface area contributed by atoms with E-state index in [0.29, 0.717) is 23.4 Å². The van der Waals surface area contributed by atoms with E-state index in [1.165, 1.54) is 28.4 Å². The van der Waals surface area contributed by atoms with Crippen molar-refractivity contribution in [1.82, 2.24) is 15.2 Å². The minimum atomic E-state index is -0.908. The first-order chi connectivity index (χ1) is 16.5. The van der Waals surface area contributed by atoms with Crippen molar-refractivity contribution in [2.24, 2.45) is 0 Å². The number of rotatable bonds is 6. The van der Waals surface area contributed by atoms with Gasteiger partial charge in [-0.3, -0.25) is 19.4 Å². The zero-order valence-electron chi connectivity index (χ0n) is 18.1. The van der Waals surface area contributed by atoms with Gasteiger partial charge >= 0.3 is 0 Å². The van der Waals surface area contributed by atoms with Crippen LogP contribution in [0.5, 0.6) is 0 Å². The van der Waals surface area contributed by atoms with Crippen molar-refractivity contribution in [3.05, 3.63) is 77.2 Å². The first-order valence-electron chi connectivity index (χ1n) is 11.0. The number of ether oxygens (including phenoxy) is 1. The number of halogens is 1. The molecule has 3 atom stereocenters. The number of thiophene rings is 1. The lowest BCUT2D eigenvalue weighted by Crippen LogP contribution is -2.53. The van der Waals surface area contributed by atoms with Crippen LogP contribution in [0.3, 0.4) is 0 Å². The number of aromatic nitrogens is 1. The van der Waals surface area contributed by atoms with Gasteiger partial charge in [-0.1, -0.05) is 18.2 Å². The molecule has 2 fully saturated rings. The number of nitrogens with one attached hydrogen (secondary N) is 1. The van der Waals surface area contributed by atoms with Crippen LogP contribution in [0.15, 0.2) is 60.9 Å². The Balaban J connectivity index is 1.37. The molecule has 0 bridgehead atoms. The third kappa shape index (κ3) is 4.49. The number of nitrogens with zero attached hydrogens (tertiary/aromatic N) is 2. The normalized spacial score (nSPS) is 20.3. The number of Topliss-reactive ketones (excluding diaryl/α,β-unsaturated/α-hetero) is 1. The third-order valence-electron chi connectivity index (χ3n) is 6.13. The molecule has 7 nitrogen and oxygen atoms in total. The maximum absolute atomic E-state index is 13.5. The summed E-state index contributed by atoms with van der Waals surface area (Å²) in [6.07, 6.45) is 3.86. The van der Waals surface area contributed by atoms with Gasteiger partial charge in [0.15, 0.2) is 5.78 Å². The summed E-state index contributed by atoms with van der Waals surface area (Å²) in [5.41, 5.74) is 1.60. The molecular formula is C25H22FN3O4S. The molecule has 5 rings (SSSR count). The molecular weight excluding hydrogens is 457 g/mol. The van der Waals surface area contributed by atoms with Crippen LogP contribution in [-0.2, 0) is 20.7 Å². The zero-order valence-corrected chi connectivity index (χ0v) is 19.0. The highest BCUT2D eigenvalue weighted by atomic mass is 32.1. The van der Waals surface area contributed by atoms with Crippen molar-refractivity contribution in [1.29, 1.82) is 0 Å². The molecule has 34 heavy (non-hydrogen) atoms. The van der Waals surface area contributed by atoms with E-state index in [2.05, 4.69) is 10.3 Å². The summed E-state index contributed by atoms with van der Waals surface area (Å²) in [4.78, 5) is 45.9. The van der Waals surface area contributed by atoms with Gasteiger partial charge in [0.2, 0.25) is 5.91 Å². The van der Waals surface area contributed by atoms with Crippen LogP contribution in [0.2, 0.25) is 0 Å². The summed E-state index contributed by atoms with van der Waals surface area (Å²) in [6, 6.07) is 11.6. The number of fused-ring (bicyclic) bond motifs is 1. The molecule has 3 unspecified atom stereocenters. The Labute approximate surface area is 199 Å². The number of benzene rings is 1. The van der Waals surface area contributed by atoms with Gasteiger partial charge in [0, 0.05) is 35.8 Å². The number of carbonyl (C=O) groups is 3. The maximum atomic E-state index is 13.5. The maximum Gasteiger partial charge on any atom is 0.262 e. The Bertz CT molecular complexity index is 1210. The van der Waals surface area contributed by atoms with Crippen LogP contribution in [0, 0.1) is 5.82 Å². The highest BCUT2D eigenvalue weighted by Gasteiger charge is 2.48. The standard InChI is InChI=1S/C25H22FN3O4S/c26-17-5-3-15(4-6-17)12-18(25(32)29-11-9-20-23(29)19(30)14-33-20)28-24(31)22-8-7-21(34-22)16-2-1-10-27-13-16/h1-8,10,13,18,20,23H,9,11-12,14H2,(H,28,31). The van der Waals surface area contributed by atoms with Crippen LogP contribution in [0.1, 0.15) is 21.7 Å². The molecule has 2 aliphatic heterocycles. The smallest absolute Gasteiger partial charge is 0.262 e. The van der Waals surface area contributed by atoms with E-state index < -0.39 is 12.1 Å². The number of carbonyl (C=O) groups excluding carboxylic acids is 3. The predicted molar refractivity (Wildman–Crippen MR) is 124 cm³/mol. The number of hydrogen-bond acceptors (Lipinski definition) is 6. The second-order valence-corrected chi connectivity index (χ2v) is 9.43. The first-order valence-corrected chi connectivity index (χ1v) is 11.8. The topological polar surface area (TPSA) is 88.6 Å². The van der Waals surface area contributed by atoms with E-state index in [-0.39, 0.29) is 42.5 Å². The predicted octanol–water partition coefficient (Wildman–Crippen LogP) is 2.86. The molecule has 0 aliphatic carbocycles. The molecule has 4 heterocycles. The third-order valence-corrected chi connectivity index (χ3v) is 7.26. The van der Waals surface area contributed by atoms with Crippen LogP contribution in [0.25, 0.3) is 10.4 Å². The van der Waals surface area contributed by atoms with Gasteiger partial charge in [0.1, 0.15) is 24.5 Å². The molecule has 3 aromatic rings. The van der Waals surface area contributed by atoms with Crippen molar-refractivity contribution in [3.8, 4) is 10.4 Å². The Morgan fingerprint density at radius 1 is 1.21 bits per heavy atom. The van der Waals surface area contributed by atoms with E-state index >= 15 is 0 Å².